The molecule has 5 heteroatoms. The topological polar surface area (TPSA) is 58.9 Å². The van der Waals surface area contributed by atoms with Crippen molar-refractivity contribution in [1.82, 2.24) is 0 Å². The molecule has 0 saturated carbocycles. The summed E-state index contributed by atoms with van der Waals surface area (Å²) in [7, 11) is 0. The molecule has 28 heavy (non-hydrogen) atoms. The van der Waals surface area contributed by atoms with Crippen LogP contribution in [-0.4, -0.2) is 52.8 Å². The molecule has 1 atom stereocenters. The van der Waals surface area contributed by atoms with E-state index in [1.807, 2.05) is 13.8 Å². The molecule has 1 aliphatic rings. The van der Waals surface area contributed by atoms with E-state index in [-0.39, 0.29) is 47.0 Å². The molecule has 0 radical (unpaired) electrons. The van der Waals surface area contributed by atoms with E-state index in [0.717, 1.165) is 6.42 Å². The second-order valence-electron chi connectivity index (χ2n) is 7.59. The van der Waals surface area contributed by atoms with E-state index in [4.69, 9.17) is 4.84 Å². The van der Waals surface area contributed by atoms with Gasteiger partial charge in [0.05, 0.1) is 11.3 Å². The number of carbonyl (C=O) groups excluding carboxylic acids is 1. The van der Waals surface area contributed by atoms with Gasteiger partial charge in [0, 0.05) is 12.8 Å². The molecular formula is C23H34NNaO3. The van der Waals surface area contributed by atoms with Crippen LogP contribution in [0.15, 0.2) is 16.5 Å². The van der Waals surface area contributed by atoms with Crippen molar-refractivity contribution in [2.75, 3.05) is 6.61 Å². The van der Waals surface area contributed by atoms with Crippen molar-refractivity contribution in [3.05, 3.63) is 44.7 Å². The first-order valence-corrected chi connectivity index (χ1v) is 9.95. The molecule has 1 N–H and O–H groups in total. The maximum absolute atomic E-state index is 13.0. The summed E-state index contributed by atoms with van der Waals surface area (Å²) in [5.74, 6) is 0.123. The second-order valence-corrected chi connectivity index (χ2v) is 7.59. The zero-order valence-corrected chi connectivity index (χ0v) is 17.8. The number of carbonyl (C=O) groups is 1. The fourth-order valence-corrected chi connectivity index (χ4v) is 4.16. The summed E-state index contributed by atoms with van der Waals surface area (Å²) in [6, 6.07) is 0. The van der Waals surface area contributed by atoms with Gasteiger partial charge in [0.15, 0.2) is 5.78 Å². The van der Waals surface area contributed by atoms with Crippen molar-refractivity contribution >= 4 is 41.1 Å². The Bertz CT molecular complexity index is 780. The minimum absolute atomic E-state index is 0. The molecule has 0 saturated heterocycles. The molecular weight excluding hydrogens is 361 g/mol. The van der Waals surface area contributed by atoms with Gasteiger partial charge in [0.2, 0.25) is 0 Å². The van der Waals surface area contributed by atoms with Crippen LogP contribution in [-0.2, 0) is 9.63 Å². The monoisotopic (exact) mass is 395 g/mol. The number of allylic oxidation sites excluding steroid dienone is 2. The predicted octanol–water partition coefficient (Wildman–Crippen LogP) is 5.03. The Balaban J connectivity index is 0.00000392. The first-order valence-electron chi connectivity index (χ1n) is 9.95. The zero-order valence-electron chi connectivity index (χ0n) is 17.8. The Morgan fingerprint density at radius 2 is 1.54 bits per heavy atom. The van der Waals surface area contributed by atoms with Gasteiger partial charge >= 0.3 is 29.6 Å². The molecule has 0 amide bonds. The average Bonchev–Trinajstić information content (AvgIpc) is 2.62. The average molecular weight is 396 g/mol. The van der Waals surface area contributed by atoms with Gasteiger partial charge < -0.3 is 9.94 Å². The number of aliphatic hydroxyl groups excluding tert-OH is 1. The quantitative estimate of drug-likeness (QED) is 0.417. The molecule has 0 bridgehead atoms. The zero-order chi connectivity index (χ0) is 20.3. The van der Waals surface area contributed by atoms with Crippen LogP contribution in [0.2, 0.25) is 0 Å². The van der Waals surface area contributed by atoms with Gasteiger partial charge in [-0.3, -0.25) is 4.79 Å². The Labute approximate surface area is 191 Å². The van der Waals surface area contributed by atoms with E-state index in [2.05, 4.69) is 39.8 Å². The third-order valence-corrected chi connectivity index (χ3v) is 5.98. The van der Waals surface area contributed by atoms with Gasteiger partial charge in [0.25, 0.3) is 0 Å². The van der Waals surface area contributed by atoms with Crippen molar-refractivity contribution in [3.8, 4) is 0 Å². The molecule has 0 spiro atoms. The van der Waals surface area contributed by atoms with Crippen molar-refractivity contribution in [2.24, 2.45) is 5.16 Å². The Hall–Kier alpha value is -1.10. The summed E-state index contributed by atoms with van der Waals surface area (Å²) in [6.45, 7) is 15.0. The number of hydrogen-bond acceptors (Lipinski definition) is 4. The van der Waals surface area contributed by atoms with E-state index in [1.165, 1.54) is 33.4 Å². The normalized spacial score (nSPS) is 17.6. The molecule has 0 fully saturated rings. The third kappa shape index (κ3) is 4.90. The second kappa shape index (κ2) is 10.6. The van der Waals surface area contributed by atoms with Crippen LogP contribution in [0.1, 0.15) is 78.8 Å². The number of Topliss-reactive ketones (excluding diaryl/α,β-unsaturated/α-hetero) is 1. The van der Waals surface area contributed by atoms with Crippen LogP contribution in [0.4, 0.5) is 0 Å². The number of hydrogen-bond donors (Lipinski definition) is 1. The summed E-state index contributed by atoms with van der Waals surface area (Å²) in [6.07, 6.45) is 2.34. The first-order chi connectivity index (χ1) is 12.7. The van der Waals surface area contributed by atoms with Crippen LogP contribution in [0.25, 0.3) is 0 Å². The summed E-state index contributed by atoms with van der Waals surface area (Å²) < 4.78 is 0. The van der Waals surface area contributed by atoms with E-state index >= 15 is 0 Å². The third-order valence-electron chi connectivity index (χ3n) is 5.98. The Kier molecular flexibility index (Phi) is 9.45. The van der Waals surface area contributed by atoms with Crippen LogP contribution < -0.4 is 0 Å². The van der Waals surface area contributed by atoms with Gasteiger partial charge in [-0.2, -0.15) is 0 Å². The Morgan fingerprint density at radius 3 is 2.00 bits per heavy atom. The summed E-state index contributed by atoms with van der Waals surface area (Å²) in [5, 5.41) is 14.9. The van der Waals surface area contributed by atoms with E-state index in [1.54, 1.807) is 0 Å². The molecule has 1 aromatic carbocycles. The number of rotatable bonds is 6. The van der Waals surface area contributed by atoms with Crippen molar-refractivity contribution in [3.63, 3.8) is 0 Å². The summed E-state index contributed by atoms with van der Waals surface area (Å²) >= 11 is 0. The molecule has 1 aliphatic carbocycles. The molecule has 150 valence electrons. The van der Waals surface area contributed by atoms with Crippen molar-refractivity contribution < 1.29 is 14.7 Å². The van der Waals surface area contributed by atoms with E-state index in [9.17, 15) is 9.90 Å². The van der Waals surface area contributed by atoms with Gasteiger partial charge in [-0.25, -0.2) is 0 Å². The summed E-state index contributed by atoms with van der Waals surface area (Å²) in [4.78, 5) is 18.2. The molecule has 0 aliphatic heterocycles. The predicted molar refractivity (Wildman–Crippen MR) is 118 cm³/mol. The molecule has 0 aromatic heterocycles. The van der Waals surface area contributed by atoms with Crippen LogP contribution in [0.5, 0.6) is 0 Å². The fraction of sp³-hybridized carbons (Fsp3) is 0.565. The molecule has 1 unspecified atom stereocenters. The minimum atomic E-state index is -0.0367. The first kappa shape index (κ1) is 24.9. The van der Waals surface area contributed by atoms with Crippen molar-refractivity contribution in [2.45, 2.75) is 80.1 Å². The summed E-state index contributed by atoms with van der Waals surface area (Å²) in [5.41, 5.74) is 8.50. The molecule has 0 heterocycles. The molecule has 1 aromatic rings. The fourth-order valence-electron chi connectivity index (χ4n) is 4.16. The number of nitrogens with zero attached hydrogens (tertiary/aromatic N) is 1. The van der Waals surface area contributed by atoms with E-state index in [0.29, 0.717) is 37.2 Å². The standard InChI is InChI=1S/C23H33NO3.Na.H/c1-8-10-19(24-27-9-2)23-20(25)11-18(12-21(23)26)22-16(6)14(4)13(3)15(5)17(22)7;;/h18,25H,8-12H2,1-7H3;;/b24-19+;;. The number of aliphatic hydroxyl groups is 1. The molecule has 4 nitrogen and oxygen atoms in total. The van der Waals surface area contributed by atoms with Crippen LogP contribution >= 0.6 is 0 Å². The number of oxime groups is 1. The number of ketones is 1. The SMILES string of the molecule is CCC/C(=N\OCC)C1=C(O)CC(c2c(C)c(C)c(C)c(C)c2C)CC1=O.[NaH]. The number of benzene rings is 1. The molecule has 2 rings (SSSR count). The van der Waals surface area contributed by atoms with Gasteiger partial charge in [-0.15, -0.1) is 0 Å². The van der Waals surface area contributed by atoms with Crippen LogP contribution in [0.3, 0.4) is 0 Å². The van der Waals surface area contributed by atoms with Gasteiger partial charge in [0.1, 0.15) is 12.4 Å². The van der Waals surface area contributed by atoms with Crippen molar-refractivity contribution in [1.29, 1.82) is 0 Å². The Morgan fingerprint density at radius 1 is 1.00 bits per heavy atom. The van der Waals surface area contributed by atoms with Crippen LogP contribution in [0, 0.1) is 34.6 Å². The van der Waals surface area contributed by atoms with Gasteiger partial charge in [-0.05, 0) is 87.3 Å². The van der Waals surface area contributed by atoms with Gasteiger partial charge in [-0.1, -0.05) is 18.5 Å². The maximum atomic E-state index is 13.0. The van der Waals surface area contributed by atoms with E-state index < -0.39 is 0 Å².